The van der Waals surface area contributed by atoms with Crippen LogP contribution in [0, 0.1) is 11.7 Å². The molecule has 0 amide bonds. The fourth-order valence-corrected chi connectivity index (χ4v) is 2.28. The average Bonchev–Trinajstić information content (AvgIpc) is 2.05. The Labute approximate surface area is 90.9 Å². The zero-order valence-electron chi connectivity index (χ0n) is 9.79. The SMILES string of the molecule is CC(C)C(c1ccc(F)cc1)C(C)(C)O. The van der Waals surface area contributed by atoms with Crippen LogP contribution in [0.15, 0.2) is 24.3 Å². The van der Waals surface area contributed by atoms with E-state index in [1.54, 1.807) is 26.0 Å². The van der Waals surface area contributed by atoms with Gasteiger partial charge in [0, 0.05) is 5.92 Å². The lowest BCUT2D eigenvalue weighted by atomic mass is 9.77. The molecule has 1 nitrogen and oxygen atoms in total. The Bertz CT molecular complexity index is 308. The van der Waals surface area contributed by atoms with E-state index < -0.39 is 5.60 Å². The standard InChI is InChI=1S/C13H19FO/c1-9(2)12(13(3,4)15)10-5-7-11(14)8-6-10/h5-9,12,15H,1-4H3. The van der Waals surface area contributed by atoms with Gasteiger partial charge in [-0.25, -0.2) is 4.39 Å². The van der Waals surface area contributed by atoms with Crippen molar-refractivity contribution in [2.24, 2.45) is 5.92 Å². The topological polar surface area (TPSA) is 20.2 Å². The Balaban J connectivity index is 3.05. The molecule has 1 N–H and O–H groups in total. The van der Waals surface area contributed by atoms with Crippen molar-refractivity contribution in [3.8, 4) is 0 Å². The molecule has 84 valence electrons. The van der Waals surface area contributed by atoms with Crippen LogP contribution < -0.4 is 0 Å². The number of halogens is 1. The normalized spacial score (nSPS) is 14.3. The fourth-order valence-electron chi connectivity index (χ4n) is 2.28. The van der Waals surface area contributed by atoms with Gasteiger partial charge in [-0.1, -0.05) is 26.0 Å². The number of benzene rings is 1. The molecule has 0 saturated heterocycles. The number of hydrogen-bond acceptors (Lipinski definition) is 1. The summed E-state index contributed by atoms with van der Waals surface area (Å²) in [6.07, 6.45) is 0. The van der Waals surface area contributed by atoms with Crippen molar-refractivity contribution in [2.45, 2.75) is 39.2 Å². The monoisotopic (exact) mass is 210 g/mol. The van der Waals surface area contributed by atoms with E-state index in [1.165, 1.54) is 12.1 Å². The van der Waals surface area contributed by atoms with Crippen LogP contribution in [0.2, 0.25) is 0 Å². The summed E-state index contributed by atoms with van der Waals surface area (Å²) in [5.74, 6) is 0.102. The number of aliphatic hydroxyl groups is 1. The predicted octanol–water partition coefficient (Wildman–Crippen LogP) is 3.34. The Kier molecular flexibility index (Phi) is 3.50. The molecule has 1 rings (SSSR count). The first kappa shape index (κ1) is 12.2. The summed E-state index contributed by atoms with van der Waals surface area (Å²) in [5, 5.41) is 10.1. The number of hydrogen-bond donors (Lipinski definition) is 1. The van der Waals surface area contributed by atoms with Crippen LogP contribution in [0.1, 0.15) is 39.2 Å². The van der Waals surface area contributed by atoms with Crippen LogP contribution in [0.25, 0.3) is 0 Å². The maximum Gasteiger partial charge on any atom is 0.123 e. The summed E-state index contributed by atoms with van der Waals surface area (Å²) in [6.45, 7) is 7.71. The van der Waals surface area contributed by atoms with Gasteiger partial charge in [0.15, 0.2) is 0 Å². The molecule has 0 aromatic heterocycles. The predicted molar refractivity (Wildman–Crippen MR) is 60.3 cm³/mol. The molecule has 1 unspecified atom stereocenters. The van der Waals surface area contributed by atoms with E-state index >= 15 is 0 Å². The van der Waals surface area contributed by atoms with Gasteiger partial charge in [0.1, 0.15) is 5.82 Å². The summed E-state index contributed by atoms with van der Waals surface area (Å²) in [7, 11) is 0. The van der Waals surface area contributed by atoms with Gasteiger partial charge in [0.05, 0.1) is 5.60 Å². The zero-order chi connectivity index (χ0) is 11.6. The van der Waals surface area contributed by atoms with Crippen LogP contribution in [0.5, 0.6) is 0 Å². The average molecular weight is 210 g/mol. The van der Waals surface area contributed by atoms with Crippen molar-refractivity contribution in [3.05, 3.63) is 35.6 Å². The van der Waals surface area contributed by atoms with Gasteiger partial charge in [-0.05, 0) is 37.5 Å². The van der Waals surface area contributed by atoms with Crippen molar-refractivity contribution in [1.29, 1.82) is 0 Å². The molecule has 2 heteroatoms. The third-order valence-corrected chi connectivity index (χ3v) is 2.66. The van der Waals surface area contributed by atoms with E-state index in [4.69, 9.17) is 0 Å². The smallest absolute Gasteiger partial charge is 0.123 e. The highest BCUT2D eigenvalue weighted by Crippen LogP contribution is 2.34. The Morgan fingerprint density at radius 3 is 1.93 bits per heavy atom. The third-order valence-electron chi connectivity index (χ3n) is 2.66. The third kappa shape index (κ3) is 3.03. The maximum absolute atomic E-state index is 12.8. The molecule has 1 aromatic rings. The molecule has 0 aliphatic carbocycles. The van der Waals surface area contributed by atoms with Gasteiger partial charge in [-0.3, -0.25) is 0 Å². The van der Waals surface area contributed by atoms with Crippen molar-refractivity contribution in [1.82, 2.24) is 0 Å². The van der Waals surface area contributed by atoms with Crippen molar-refractivity contribution < 1.29 is 9.50 Å². The molecule has 0 radical (unpaired) electrons. The minimum atomic E-state index is -0.786. The second-order valence-electron chi connectivity index (χ2n) is 4.93. The van der Waals surface area contributed by atoms with Gasteiger partial charge in [0.25, 0.3) is 0 Å². The molecule has 0 heterocycles. The summed E-state index contributed by atoms with van der Waals surface area (Å²) in [6, 6.07) is 6.38. The minimum Gasteiger partial charge on any atom is -0.390 e. The van der Waals surface area contributed by atoms with Crippen LogP contribution in [-0.2, 0) is 0 Å². The molecular weight excluding hydrogens is 191 g/mol. The first-order valence-corrected chi connectivity index (χ1v) is 5.30. The Hall–Kier alpha value is -0.890. The summed E-state index contributed by atoms with van der Waals surface area (Å²) < 4.78 is 12.8. The lowest BCUT2D eigenvalue weighted by Crippen LogP contribution is -2.32. The second kappa shape index (κ2) is 4.31. The van der Waals surface area contributed by atoms with E-state index in [-0.39, 0.29) is 11.7 Å². The highest BCUT2D eigenvalue weighted by atomic mass is 19.1. The molecule has 0 bridgehead atoms. The summed E-state index contributed by atoms with van der Waals surface area (Å²) in [4.78, 5) is 0. The molecular formula is C13H19FO. The minimum absolute atomic E-state index is 0.0260. The molecule has 15 heavy (non-hydrogen) atoms. The molecule has 1 aromatic carbocycles. The van der Waals surface area contributed by atoms with Gasteiger partial charge in [-0.15, -0.1) is 0 Å². The second-order valence-corrected chi connectivity index (χ2v) is 4.93. The Morgan fingerprint density at radius 2 is 1.60 bits per heavy atom. The van der Waals surface area contributed by atoms with E-state index in [1.807, 2.05) is 0 Å². The fraction of sp³-hybridized carbons (Fsp3) is 0.538. The first-order chi connectivity index (χ1) is 6.82. The van der Waals surface area contributed by atoms with Crippen LogP contribution >= 0.6 is 0 Å². The molecule has 0 saturated carbocycles. The van der Waals surface area contributed by atoms with Crippen molar-refractivity contribution >= 4 is 0 Å². The van der Waals surface area contributed by atoms with Crippen LogP contribution in [-0.4, -0.2) is 10.7 Å². The van der Waals surface area contributed by atoms with Crippen LogP contribution in [0.4, 0.5) is 4.39 Å². The van der Waals surface area contributed by atoms with Gasteiger partial charge in [0.2, 0.25) is 0 Å². The van der Waals surface area contributed by atoms with E-state index in [0.29, 0.717) is 5.92 Å². The van der Waals surface area contributed by atoms with Crippen LogP contribution in [0.3, 0.4) is 0 Å². The first-order valence-electron chi connectivity index (χ1n) is 5.30. The largest absolute Gasteiger partial charge is 0.390 e. The lowest BCUT2D eigenvalue weighted by molar-refractivity contribution is 0.0331. The van der Waals surface area contributed by atoms with Gasteiger partial charge in [-0.2, -0.15) is 0 Å². The zero-order valence-corrected chi connectivity index (χ0v) is 9.79. The van der Waals surface area contributed by atoms with Gasteiger partial charge >= 0.3 is 0 Å². The summed E-state index contributed by atoms with van der Waals surface area (Å²) >= 11 is 0. The molecule has 0 fully saturated rings. The summed E-state index contributed by atoms with van der Waals surface area (Å²) in [5.41, 5.74) is 0.199. The maximum atomic E-state index is 12.8. The molecule has 0 aliphatic rings. The highest BCUT2D eigenvalue weighted by Gasteiger charge is 2.30. The van der Waals surface area contributed by atoms with Crippen molar-refractivity contribution in [3.63, 3.8) is 0 Å². The van der Waals surface area contributed by atoms with Gasteiger partial charge < -0.3 is 5.11 Å². The van der Waals surface area contributed by atoms with E-state index in [0.717, 1.165) is 5.56 Å². The lowest BCUT2D eigenvalue weighted by Gasteiger charge is -2.33. The molecule has 1 atom stereocenters. The number of rotatable bonds is 3. The van der Waals surface area contributed by atoms with E-state index in [9.17, 15) is 9.50 Å². The highest BCUT2D eigenvalue weighted by molar-refractivity contribution is 5.23. The molecule has 0 aliphatic heterocycles. The van der Waals surface area contributed by atoms with Crippen molar-refractivity contribution in [2.75, 3.05) is 0 Å². The quantitative estimate of drug-likeness (QED) is 0.811. The van der Waals surface area contributed by atoms with E-state index in [2.05, 4.69) is 13.8 Å². The molecule has 0 spiro atoms. The Morgan fingerprint density at radius 1 is 1.13 bits per heavy atom.